The van der Waals surface area contributed by atoms with Gasteiger partial charge in [0.15, 0.2) is 0 Å². The lowest BCUT2D eigenvalue weighted by atomic mass is 9.83. The van der Waals surface area contributed by atoms with Gasteiger partial charge in [0.05, 0.1) is 13.2 Å². The zero-order valence-electron chi connectivity index (χ0n) is 9.70. The highest BCUT2D eigenvalue weighted by Crippen LogP contribution is 2.29. The van der Waals surface area contributed by atoms with E-state index in [1.807, 2.05) is 6.92 Å². The zero-order chi connectivity index (χ0) is 11.1. The third-order valence-electron chi connectivity index (χ3n) is 2.99. The number of ether oxygens (including phenoxy) is 2. The lowest BCUT2D eigenvalue weighted by Gasteiger charge is -2.27. The van der Waals surface area contributed by atoms with Crippen molar-refractivity contribution >= 4 is 5.97 Å². The van der Waals surface area contributed by atoms with Gasteiger partial charge >= 0.3 is 5.97 Å². The summed E-state index contributed by atoms with van der Waals surface area (Å²) in [5.74, 6) is 1.09. The Balaban J connectivity index is 2.09. The Morgan fingerprint density at radius 2 is 1.73 bits per heavy atom. The Bertz CT molecular complexity index is 183. The van der Waals surface area contributed by atoms with Gasteiger partial charge in [0, 0.05) is 13.5 Å². The minimum Gasteiger partial charge on any atom is -0.466 e. The minimum absolute atomic E-state index is 0.166. The van der Waals surface area contributed by atoms with Gasteiger partial charge < -0.3 is 9.47 Å². The highest BCUT2D eigenvalue weighted by atomic mass is 16.5. The number of hydrogen-bond donors (Lipinski definition) is 0. The quantitative estimate of drug-likeness (QED) is 0.658. The summed E-state index contributed by atoms with van der Waals surface area (Å²) in [7, 11) is 0. The first-order chi connectivity index (χ1) is 7.22. The topological polar surface area (TPSA) is 35.5 Å². The van der Waals surface area contributed by atoms with Gasteiger partial charge in [-0.25, -0.2) is 0 Å². The second kappa shape index (κ2) is 6.83. The fourth-order valence-electron chi connectivity index (χ4n) is 2.03. The lowest BCUT2D eigenvalue weighted by molar-refractivity contribution is -0.142. The van der Waals surface area contributed by atoms with E-state index in [-0.39, 0.29) is 5.97 Å². The van der Waals surface area contributed by atoms with Gasteiger partial charge in [-0.2, -0.15) is 0 Å². The van der Waals surface area contributed by atoms with Gasteiger partial charge in [0.25, 0.3) is 0 Å². The van der Waals surface area contributed by atoms with Crippen LogP contribution in [0.1, 0.15) is 39.5 Å². The van der Waals surface area contributed by atoms with Gasteiger partial charge in [-0.05, 0) is 44.4 Å². The van der Waals surface area contributed by atoms with Crippen LogP contribution in [0.2, 0.25) is 0 Å². The molecule has 0 aromatic heterocycles. The van der Waals surface area contributed by atoms with Crippen LogP contribution in [0.3, 0.4) is 0 Å². The van der Waals surface area contributed by atoms with Gasteiger partial charge in [0.1, 0.15) is 0 Å². The average molecular weight is 213 g/mol. The normalized spacial score (nSPS) is 26.3. The van der Waals surface area contributed by atoms with Gasteiger partial charge in [-0.3, -0.25) is 4.79 Å². The van der Waals surface area contributed by atoms with Crippen LogP contribution >= 0.6 is 0 Å². The Labute approximate surface area is 92.1 Å². The molecule has 87 valence electrons. The van der Waals surface area contributed by atoms with Crippen LogP contribution in [-0.4, -0.2) is 19.2 Å². The van der Waals surface area contributed by atoms with Gasteiger partial charge in [-0.1, -0.05) is 0 Å². The van der Waals surface area contributed by atoms with Gasteiger partial charge in [0.2, 0.25) is 0 Å². The summed E-state index contributed by atoms with van der Waals surface area (Å²) >= 11 is 0. The molecule has 1 rings (SSSR count). The maximum atomic E-state index is 10.6. The average Bonchev–Trinajstić information content (AvgIpc) is 2.25. The van der Waals surface area contributed by atoms with Crippen LogP contribution in [-0.2, 0) is 14.3 Å². The molecule has 0 unspecified atom stereocenters. The summed E-state index contributed by atoms with van der Waals surface area (Å²) in [5, 5.41) is 0. The third kappa shape index (κ3) is 5.17. The number of esters is 1. The van der Waals surface area contributed by atoms with Crippen molar-refractivity contribution < 1.29 is 14.3 Å². The molecule has 0 aromatic rings. The smallest absolute Gasteiger partial charge is 0.302 e. The van der Waals surface area contributed by atoms with Gasteiger partial charge in [-0.15, -0.1) is 0 Å². The van der Waals surface area contributed by atoms with E-state index < -0.39 is 0 Å². The number of carbonyl (C=O) groups is 1. The van der Waals surface area contributed by atoms with Crippen molar-refractivity contribution in [1.82, 2.24) is 0 Å². The molecular formula is C12H21O3. The van der Waals surface area contributed by atoms with Crippen LogP contribution in [0.25, 0.3) is 0 Å². The Kier molecular flexibility index (Phi) is 5.69. The summed E-state index contributed by atoms with van der Waals surface area (Å²) < 4.78 is 10.3. The van der Waals surface area contributed by atoms with Crippen molar-refractivity contribution in [2.24, 2.45) is 11.8 Å². The molecule has 0 spiro atoms. The molecule has 3 nitrogen and oxygen atoms in total. The fraction of sp³-hybridized carbons (Fsp3) is 0.833. The molecule has 0 heterocycles. The molecule has 0 aliphatic heterocycles. The van der Waals surface area contributed by atoms with Crippen molar-refractivity contribution in [3.05, 3.63) is 6.61 Å². The fourth-order valence-corrected chi connectivity index (χ4v) is 2.03. The molecule has 0 atom stereocenters. The molecule has 0 N–H and O–H groups in total. The Hall–Kier alpha value is -0.570. The van der Waals surface area contributed by atoms with Crippen LogP contribution in [0, 0.1) is 18.4 Å². The summed E-state index contributed by atoms with van der Waals surface area (Å²) in [6, 6.07) is 0. The van der Waals surface area contributed by atoms with E-state index in [4.69, 9.17) is 9.47 Å². The largest absolute Gasteiger partial charge is 0.466 e. The molecule has 1 fully saturated rings. The maximum Gasteiger partial charge on any atom is 0.302 e. The molecule has 0 bridgehead atoms. The predicted octanol–water partition coefficient (Wildman–Crippen LogP) is 2.55. The minimum atomic E-state index is -0.166. The number of hydrogen-bond acceptors (Lipinski definition) is 3. The van der Waals surface area contributed by atoms with Crippen molar-refractivity contribution in [2.75, 3.05) is 13.2 Å². The predicted molar refractivity (Wildman–Crippen MR) is 58.0 cm³/mol. The zero-order valence-corrected chi connectivity index (χ0v) is 9.70. The number of rotatable bonds is 5. The molecule has 1 aliphatic carbocycles. The van der Waals surface area contributed by atoms with E-state index in [2.05, 4.69) is 0 Å². The van der Waals surface area contributed by atoms with E-state index in [0.29, 0.717) is 18.4 Å². The monoisotopic (exact) mass is 213 g/mol. The molecule has 1 radical (unpaired) electrons. The van der Waals surface area contributed by atoms with E-state index >= 15 is 0 Å². The Morgan fingerprint density at radius 1 is 1.20 bits per heavy atom. The molecular weight excluding hydrogens is 192 g/mol. The molecule has 0 aromatic carbocycles. The number of carbonyl (C=O) groups excluding carboxylic acids is 1. The molecule has 0 saturated heterocycles. The summed E-state index contributed by atoms with van der Waals surface area (Å²) in [4.78, 5) is 10.6. The molecule has 0 amide bonds. The second-order valence-corrected chi connectivity index (χ2v) is 4.26. The van der Waals surface area contributed by atoms with Crippen LogP contribution in [0.5, 0.6) is 0 Å². The summed E-state index contributed by atoms with van der Waals surface area (Å²) in [6.07, 6.45) is 4.70. The first kappa shape index (κ1) is 12.5. The highest BCUT2D eigenvalue weighted by Gasteiger charge is 2.21. The first-order valence-electron chi connectivity index (χ1n) is 5.75. The van der Waals surface area contributed by atoms with Crippen molar-refractivity contribution in [1.29, 1.82) is 0 Å². The van der Waals surface area contributed by atoms with Crippen molar-refractivity contribution in [3.8, 4) is 0 Å². The van der Waals surface area contributed by atoms with E-state index in [1.54, 1.807) is 6.61 Å². The summed E-state index contributed by atoms with van der Waals surface area (Å²) in [6.45, 7) is 6.58. The van der Waals surface area contributed by atoms with Crippen LogP contribution in [0.15, 0.2) is 0 Å². The van der Waals surface area contributed by atoms with Crippen molar-refractivity contribution in [3.63, 3.8) is 0 Å². The maximum absolute atomic E-state index is 10.6. The van der Waals surface area contributed by atoms with E-state index in [0.717, 1.165) is 19.4 Å². The van der Waals surface area contributed by atoms with E-state index in [1.165, 1.54) is 19.8 Å². The SMILES string of the molecule is C[CH]OCC1CCC(COC(C)=O)CC1. The standard InChI is InChI=1S/C12H21O3/c1-3-14-8-11-4-6-12(7-5-11)9-15-10(2)13/h3,11-12H,4-9H2,1-2H3. The van der Waals surface area contributed by atoms with Crippen LogP contribution < -0.4 is 0 Å². The lowest BCUT2D eigenvalue weighted by Crippen LogP contribution is -2.22. The second-order valence-electron chi connectivity index (χ2n) is 4.26. The Morgan fingerprint density at radius 3 is 2.20 bits per heavy atom. The highest BCUT2D eigenvalue weighted by molar-refractivity contribution is 5.65. The van der Waals surface area contributed by atoms with E-state index in [9.17, 15) is 4.79 Å². The third-order valence-corrected chi connectivity index (χ3v) is 2.99. The molecule has 3 heteroatoms. The molecule has 1 aliphatic rings. The molecule has 15 heavy (non-hydrogen) atoms. The first-order valence-corrected chi connectivity index (χ1v) is 5.75. The summed E-state index contributed by atoms with van der Waals surface area (Å²) in [5.41, 5.74) is 0. The van der Waals surface area contributed by atoms with Crippen molar-refractivity contribution in [2.45, 2.75) is 39.5 Å². The molecule has 1 saturated carbocycles. The van der Waals surface area contributed by atoms with Crippen LogP contribution in [0.4, 0.5) is 0 Å².